The number of carbonyl (C=O) groups excluding carboxylic acids is 1. The molecular weight excluding hydrogens is 262 g/mol. The number of rotatable bonds is 7. The number of hydrogen-bond acceptors (Lipinski definition) is 2. The fourth-order valence-corrected chi connectivity index (χ4v) is 2.85. The number of aliphatic hydroxyl groups excluding tert-OH is 1. The average Bonchev–Trinajstić information content (AvgIpc) is 2.44. The fraction of sp³-hybridized carbons (Fsp3) is 0.611. The topological polar surface area (TPSA) is 40.5 Å². The highest BCUT2D eigenvalue weighted by Gasteiger charge is 2.28. The molecule has 1 aliphatic rings. The maximum absolute atomic E-state index is 12.2. The van der Waals surface area contributed by atoms with Gasteiger partial charge < -0.3 is 10.0 Å². The Balaban J connectivity index is 1.78. The summed E-state index contributed by atoms with van der Waals surface area (Å²) in [5.74, 6) is 0.642. The highest BCUT2D eigenvalue weighted by atomic mass is 16.3. The van der Waals surface area contributed by atoms with Crippen LogP contribution in [0.5, 0.6) is 0 Å². The van der Waals surface area contributed by atoms with E-state index in [1.807, 2.05) is 11.9 Å². The quantitative estimate of drug-likeness (QED) is 0.838. The monoisotopic (exact) mass is 289 g/mol. The van der Waals surface area contributed by atoms with Gasteiger partial charge in [0.15, 0.2) is 0 Å². The molecule has 3 nitrogen and oxygen atoms in total. The van der Waals surface area contributed by atoms with Gasteiger partial charge in [-0.15, -0.1) is 0 Å². The molecule has 0 radical (unpaired) electrons. The molecule has 1 fully saturated rings. The predicted molar refractivity (Wildman–Crippen MR) is 85.1 cm³/mol. The van der Waals surface area contributed by atoms with E-state index in [1.54, 1.807) is 0 Å². The smallest absolute Gasteiger partial charge is 0.226 e. The van der Waals surface area contributed by atoms with Crippen LogP contribution in [0.4, 0.5) is 0 Å². The zero-order valence-corrected chi connectivity index (χ0v) is 13.2. The maximum Gasteiger partial charge on any atom is 0.226 e. The lowest BCUT2D eigenvalue weighted by Crippen LogP contribution is -2.40. The minimum Gasteiger partial charge on any atom is -0.393 e. The summed E-state index contributed by atoms with van der Waals surface area (Å²) in [6.07, 6.45) is 5.55. The van der Waals surface area contributed by atoms with E-state index in [9.17, 15) is 9.90 Å². The van der Waals surface area contributed by atoms with Crippen LogP contribution in [-0.2, 0) is 17.6 Å². The Morgan fingerprint density at radius 2 is 1.86 bits per heavy atom. The third-order valence-electron chi connectivity index (χ3n) is 4.37. The first kappa shape index (κ1) is 16.0. The van der Waals surface area contributed by atoms with Crippen LogP contribution >= 0.6 is 0 Å². The van der Waals surface area contributed by atoms with E-state index in [0.29, 0.717) is 12.3 Å². The van der Waals surface area contributed by atoms with Gasteiger partial charge in [0, 0.05) is 13.6 Å². The summed E-state index contributed by atoms with van der Waals surface area (Å²) in [7, 11) is 1.86. The van der Waals surface area contributed by atoms with Crippen molar-refractivity contribution in [1.29, 1.82) is 0 Å². The maximum atomic E-state index is 12.2. The highest BCUT2D eigenvalue weighted by Crippen LogP contribution is 2.27. The third-order valence-corrected chi connectivity index (χ3v) is 4.37. The van der Waals surface area contributed by atoms with E-state index < -0.39 is 0 Å². The molecule has 1 aromatic rings. The first-order chi connectivity index (χ1) is 10.1. The second kappa shape index (κ2) is 7.60. The van der Waals surface area contributed by atoms with Gasteiger partial charge in [-0.3, -0.25) is 4.79 Å². The molecule has 1 amide bonds. The van der Waals surface area contributed by atoms with Gasteiger partial charge in [0.05, 0.1) is 12.5 Å². The summed E-state index contributed by atoms with van der Waals surface area (Å²) in [4.78, 5) is 14.0. The molecule has 0 aliphatic heterocycles. The van der Waals surface area contributed by atoms with Gasteiger partial charge in [0.1, 0.15) is 0 Å². The Bertz CT molecular complexity index is 449. The number of aryl methyl sites for hydroxylation is 1. The number of benzene rings is 1. The Morgan fingerprint density at radius 1 is 1.24 bits per heavy atom. The van der Waals surface area contributed by atoms with E-state index in [2.05, 4.69) is 31.2 Å². The summed E-state index contributed by atoms with van der Waals surface area (Å²) in [6.45, 7) is 2.97. The van der Waals surface area contributed by atoms with Crippen LogP contribution in [0.25, 0.3) is 0 Å². The fourth-order valence-electron chi connectivity index (χ4n) is 2.85. The van der Waals surface area contributed by atoms with E-state index in [-0.39, 0.29) is 12.0 Å². The van der Waals surface area contributed by atoms with Gasteiger partial charge in [-0.1, -0.05) is 37.6 Å². The van der Waals surface area contributed by atoms with E-state index in [0.717, 1.165) is 31.4 Å². The Kier molecular flexibility index (Phi) is 5.80. The lowest BCUT2D eigenvalue weighted by atomic mass is 9.82. The van der Waals surface area contributed by atoms with Gasteiger partial charge in [-0.05, 0) is 42.7 Å². The van der Waals surface area contributed by atoms with Crippen molar-refractivity contribution in [2.24, 2.45) is 5.92 Å². The zero-order valence-electron chi connectivity index (χ0n) is 13.2. The molecule has 1 aliphatic carbocycles. The first-order valence-corrected chi connectivity index (χ1v) is 8.08. The molecule has 0 heterocycles. The molecule has 3 heteroatoms. The van der Waals surface area contributed by atoms with Crippen molar-refractivity contribution < 1.29 is 9.90 Å². The largest absolute Gasteiger partial charge is 0.393 e. The molecule has 0 saturated heterocycles. The van der Waals surface area contributed by atoms with Gasteiger partial charge in [0.25, 0.3) is 0 Å². The van der Waals surface area contributed by atoms with Crippen molar-refractivity contribution in [2.75, 3.05) is 13.6 Å². The van der Waals surface area contributed by atoms with Gasteiger partial charge in [0.2, 0.25) is 5.91 Å². The molecule has 0 unspecified atom stereocenters. The summed E-state index contributed by atoms with van der Waals surface area (Å²) < 4.78 is 0. The molecule has 1 aromatic carbocycles. The summed E-state index contributed by atoms with van der Waals surface area (Å²) in [5.41, 5.74) is 2.44. The number of aliphatic hydroxyl groups is 1. The average molecular weight is 289 g/mol. The van der Waals surface area contributed by atoms with Crippen LogP contribution in [-0.4, -0.2) is 35.6 Å². The number of nitrogens with zero attached hydrogens (tertiary/aromatic N) is 1. The van der Waals surface area contributed by atoms with Crippen LogP contribution in [0.1, 0.15) is 43.7 Å². The van der Waals surface area contributed by atoms with Gasteiger partial charge in [-0.2, -0.15) is 0 Å². The van der Waals surface area contributed by atoms with Crippen LogP contribution < -0.4 is 0 Å². The van der Waals surface area contributed by atoms with Crippen LogP contribution in [0, 0.1) is 5.92 Å². The molecule has 0 spiro atoms. The summed E-state index contributed by atoms with van der Waals surface area (Å²) in [5, 5.41) is 9.29. The number of carbonyl (C=O) groups is 1. The molecule has 0 atom stereocenters. The second-order valence-electron chi connectivity index (χ2n) is 6.36. The minimum absolute atomic E-state index is 0.144. The SMILES string of the molecule is CCCCc1ccc(CC(=O)N(C)CC2CC(O)C2)cc1. The van der Waals surface area contributed by atoms with Crippen LogP contribution in [0.2, 0.25) is 0 Å². The Hall–Kier alpha value is -1.35. The van der Waals surface area contributed by atoms with Crippen molar-refractivity contribution in [2.45, 2.75) is 51.6 Å². The van der Waals surface area contributed by atoms with Crippen molar-refractivity contribution >= 4 is 5.91 Å². The number of unbranched alkanes of at least 4 members (excludes halogenated alkanes) is 1. The molecule has 1 N–H and O–H groups in total. The van der Waals surface area contributed by atoms with Crippen LogP contribution in [0.15, 0.2) is 24.3 Å². The standard InChI is InChI=1S/C18H27NO2/c1-3-4-5-14-6-8-15(9-7-14)12-18(21)19(2)13-16-10-17(20)11-16/h6-9,16-17,20H,3-5,10-13H2,1-2H3. The van der Waals surface area contributed by atoms with E-state index in [4.69, 9.17) is 0 Å². The first-order valence-electron chi connectivity index (χ1n) is 8.08. The molecule has 1 saturated carbocycles. The Morgan fingerprint density at radius 3 is 2.43 bits per heavy atom. The molecular formula is C18H27NO2. The predicted octanol–water partition coefficient (Wildman–Crippen LogP) is 2.80. The molecule has 2 rings (SSSR count). The van der Waals surface area contributed by atoms with Crippen LogP contribution in [0.3, 0.4) is 0 Å². The summed E-state index contributed by atoms with van der Waals surface area (Å²) >= 11 is 0. The second-order valence-corrected chi connectivity index (χ2v) is 6.36. The van der Waals surface area contributed by atoms with Gasteiger partial charge >= 0.3 is 0 Å². The van der Waals surface area contributed by atoms with Crippen molar-refractivity contribution in [3.8, 4) is 0 Å². The number of hydrogen-bond donors (Lipinski definition) is 1. The molecule has 0 bridgehead atoms. The number of likely N-dealkylation sites (N-methyl/N-ethyl adjacent to an activating group) is 1. The van der Waals surface area contributed by atoms with Crippen molar-refractivity contribution in [3.63, 3.8) is 0 Å². The van der Waals surface area contributed by atoms with E-state index >= 15 is 0 Å². The minimum atomic E-state index is -0.144. The third kappa shape index (κ3) is 4.85. The normalized spacial score (nSPS) is 20.9. The zero-order chi connectivity index (χ0) is 15.2. The van der Waals surface area contributed by atoms with Gasteiger partial charge in [-0.25, -0.2) is 0 Å². The van der Waals surface area contributed by atoms with Crippen molar-refractivity contribution in [1.82, 2.24) is 4.90 Å². The molecule has 116 valence electrons. The molecule has 21 heavy (non-hydrogen) atoms. The van der Waals surface area contributed by atoms with Crippen molar-refractivity contribution in [3.05, 3.63) is 35.4 Å². The lowest BCUT2D eigenvalue weighted by molar-refractivity contribution is -0.130. The Labute approximate surface area is 128 Å². The lowest BCUT2D eigenvalue weighted by Gasteiger charge is -2.34. The summed E-state index contributed by atoms with van der Waals surface area (Å²) in [6, 6.07) is 8.43. The highest BCUT2D eigenvalue weighted by molar-refractivity contribution is 5.78. The van der Waals surface area contributed by atoms with E-state index in [1.165, 1.54) is 18.4 Å². The molecule has 0 aromatic heterocycles. The number of amides is 1.